The molecule has 4 nitrogen and oxygen atoms in total. The maximum Gasteiger partial charge on any atom is 0.275 e. The lowest BCUT2D eigenvalue weighted by Gasteiger charge is -2.27. The number of hydrogen-bond donors (Lipinski definition) is 2. The number of hydrogen-bond acceptors (Lipinski definition) is 2. The molecule has 2 rings (SSSR count). The van der Waals surface area contributed by atoms with Gasteiger partial charge in [0, 0.05) is 12.5 Å². The summed E-state index contributed by atoms with van der Waals surface area (Å²) >= 11 is 0. The van der Waals surface area contributed by atoms with Crippen molar-refractivity contribution in [2.24, 2.45) is 5.92 Å². The van der Waals surface area contributed by atoms with Crippen LogP contribution in [0.2, 0.25) is 0 Å². The molecule has 0 spiro atoms. The normalized spacial score (nSPS) is 21.8. The van der Waals surface area contributed by atoms with Gasteiger partial charge in [-0.3, -0.25) is 4.79 Å². The van der Waals surface area contributed by atoms with E-state index in [-0.39, 0.29) is 5.91 Å². The van der Waals surface area contributed by atoms with Gasteiger partial charge in [-0.05, 0) is 30.9 Å². The molecule has 0 bridgehead atoms. The molecule has 21 heavy (non-hydrogen) atoms. The van der Waals surface area contributed by atoms with Gasteiger partial charge in [0.1, 0.15) is 5.75 Å². The average Bonchev–Trinajstić information content (AvgIpc) is 2.47. The predicted octanol–water partition coefficient (Wildman–Crippen LogP) is 0.669. The summed E-state index contributed by atoms with van der Waals surface area (Å²) in [5.74, 6) is 1.80. The van der Waals surface area contributed by atoms with E-state index >= 15 is 0 Å². The maximum atomic E-state index is 12.0. The van der Waals surface area contributed by atoms with Gasteiger partial charge < -0.3 is 15.0 Å². The van der Waals surface area contributed by atoms with Crippen LogP contribution in [0.5, 0.6) is 5.75 Å². The Balaban J connectivity index is 1.71. The van der Waals surface area contributed by atoms with E-state index in [1.165, 1.54) is 17.7 Å². The third kappa shape index (κ3) is 5.05. The highest BCUT2D eigenvalue weighted by atomic mass is 16.5. The SMILES string of the molecule is COc1ccccc1CCNC(=O)C[NH+]1CCC[C@@H](C)C1. The van der Waals surface area contributed by atoms with Gasteiger partial charge in [0.15, 0.2) is 6.54 Å². The Kier molecular flexibility index (Phi) is 6.05. The van der Waals surface area contributed by atoms with Crippen molar-refractivity contribution in [3.05, 3.63) is 29.8 Å². The fourth-order valence-electron chi connectivity index (χ4n) is 3.09. The molecule has 1 heterocycles. The molecule has 2 N–H and O–H groups in total. The molecule has 0 saturated carbocycles. The summed E-state index contributed by atoms with van der Waals surface area (Å²) < 4.78 is 5.32. The molecule has 1 saturated heterocycles. The highest BCUT2D eigenvalue weighted by Crippen LogP contribution is 2.17. The fraction of sp³-hybridized carbons (Fsp3) is 0.588. The van der Waals surface area contributed by atoms with Crippen LogP contribution in [0.1, 0.15) is 25.3 Å². The van der Waals surface area contributed by atoms with Crippen LogP contribution in [0, 0.1) is 5.92 Å². The van der Waals surface area contributed by atoms with Crippen LogP contribution in [0.15, 0.2) is 24.3 Å². The van der Waals surface area contributed by atoms with Crippen LogP contribution in [0.3, 0.4) is 0 Å². The Morgan fingerprint density at radius 2 is 2.24 bits per heavy atom. The molecule has 2 atom stereocenters. The first kappa shape index (κ1) is 15.8. The number of quaternary nitrogens is 1. The van der Waals surface area contributed by atoms with Crippen LogP contribution in [-0.4, -0.2) is 39.2 Å². The molecule has 1 aliphatic heterocycles. The van der Waals surface area contributed by atoms with E-state index in [2.05, 4.69) is 12.2 Å². The van der Waals surface area contributed by atoms with Crippen molar-refractivity contribution in [3.8, 4) is 5.75 Å². The highest BCUT2D eigenvalue weighted by Gasteiger charge is 2.21. The lowest BCUT2D eigenvalue weighted by atomic mass is 10.0. The summed E-state index contributed by atoms with van der Waals surface area (Å²) in [6.45, 7) is 5.81. The van der Waals surface area contributed by atoms with E-state index in [9.17, 15) is 4.79 Å². The van der Waals surface area contributed by atoms with Gasteiger partial charge in [0.05, 0.1) is 20.2 Å². The highest BCUT2D eigenvalue weighted by molar-refractivity contribution is 5.76. The van der Waals surface area contributed by atoms with Crippen molar-refractivity contribution in [3.63, 3.8) is 0 Å². The molecule has 1 amide bonds. The van der Waals surface area contributed by atoms with Crippen LogP contribution in [0.25, 0.3) is 0 Å². The van der Waals surface area contributed by atoms with Gasteiger partial charge in [-0.2, -0.15) is 0 Å². The Hall–Kier alpha value is -1.55. The summed E-state index contributed by atoms with van der Waals surface area (Å²) in [7, 11) is 1.68. The Morgan fingerprint density at radius 3 is 3.00 bits per heavy atom. The molecule has 116 valence electrons. The van der Waals surface area contributed by atoms with Crippen molar-refractivity contribution in [2.45, 2.75) is 26.2 Å². The number of amides is 1. The maximum absolute atomic E-state index is 12.0. The molecule has 0 aliphatic carbocycles. The van der Waals surface area contributed by atoms with Crippen molar-refractivity contribution >= 4 is 5.91 Å². The number of benzene rings is 1. The molecule has 1 fully saturated rings. The second-order valence-corrected chi connectivity index (χ2v) is 6.04. The Bertz CT molecular complexity index is 462. The summed E-state index contributed by atoms with van der Waals surface area (Å²) in [5.41, 5.74) is 1.14. The summed E-state index contributed by atoms with van der Waals surface area (Å²) in [4.78, 5) is 13.4. The first-order valence-corrected chi connectivity index (χ1v) is 7.91. The number of nitrogens with one attached hydrogen (secondary N) is 2. The minimum Gasteiger partial charge on any atom is -0.496 e. The molecule has 1 unspecified atom stereocenters. The van der Waals surface area contributed by atoms with Gasteiger partial charge in [-0.25, -0.2) is 0 Å². The van der Waals surface area contributed by atoms with E-state index in [4.69, 9.17) is 4.74 Å². The minimum absolute atomic E-state index is 0.161. The van der Waals surface area contributed by atoms with Gasteiger partial charge in [-0.15, -0.1) is 0 Å². The largest absolute Gasteiger partial charge is 0.496 e. The number of piperidine rings is 1. The number of para-hydroxylation sites is 1. The Morgan fingerprint density at radius 1 is 1.43 bits per heavy atom. The summed E-state index contributed by atoms with van der Waals surface area (Å²) in [5, 5.41) is 3.03. The van der Waals surface area contributed by atoms with Crippen LogP contribution in [0.4, 0.5) is 0 Å². The monoisotopic (exact) mass is 291 g/mol. The zero-order chi connectivity index (χ0) is 15.1. The second kappa shape index (κ2) is 8.03. The van der Waals surface area contributed by atoms with Gasteiger partial charge >= 0.3 is 0 Å². The number of carbonyl (C=O) groups excluding carboxylic acids is 1. The summed E-state index contributed by atoms with van der Waals surface area (Å²) in [6.07, 6.45) is 3.35. The van der Waals surface area contributed by atoms with Gasteiger partial charge in [-0.1, -0.05) is 25.1 Å². The van der Waals surface area contributed by atoms with Crippen LogP contribution >= 0.6 is 0 Å². The van der Waals surface area contributed by atoms with Crippen molar-refractivity contribution < 1.29 is 14.4 Å². The molecule has 0 radical (unpaired) electrons. The molecule has 1 aromatic rings. The molecule has 0 aromatic heterocycles. The Labute approximate surface area is 127 Å². The molecular weight excluding hydrogens is 264 g/mol. The predicted molar refractivity (Wildman–Crippen MR) is 83.7 cm³/mol. The lowest BCUT2D eigenvalue weighted by molar-refractivity contribution is -0.900. The minimum atomic E-state index is 0.161. The van der Waals surface area contributed by atoms with E-state index in [0.29, 0.717) is 13.1 Å². The first-order valence-electron chi connectivity index (χ1n) is 7.91. The zero-order valence-electron chi connectivity index (χ0n) is 13.2. The first-order chi connectivity index (χ1) is 10.2. The van der Waals surface area contributed by atoms with Crippen molar-refractivity contribution in [1.29, 1.82) is 0 Å². The third-order valence-electron chi connectivity index (χ3n) is 4.18. The molecule has 1 aromatic carbocycles. The van der Waals surface area contributed by atoms with Crippen molar-refractivity contribution in [2.75, 3.05) is 33.3 Å². The van der Waals surface area contributed by atoms with Crippen LogP contribution in [-0.2, 0) is 11.2 Å². The van der Waals surface area contributed by atoms with Crippen LogP contribution < -0.4 is 15.0 Å². The molecular formula is C17H27N2O2+. The number of rotatable bonds is 6. The summed E-state index contributed by atoms with van der Waals surface area (Å²) in [6, 6.07) is 7.96. The number of methoxy groups -OCH3 is 1. The van der Waals surface area contributed by atoms with E-state index in [0.717, 1.165) is 36.7 Å². The zero-order valence-corrected chi connectivity index (χ0v) is 13.2. The van der Waals surface area contributed by atoms with E-state index in [1.54, 1.807) is 7.11 Å². The standard InChI is InChI=1S/C17H26N2O2/c1-14-6-5-11-19(12-14)13-17(20)18-10-9-15-7-3-4-8-16(15)21-2/h3-4,7-8,14H,5-6,9-13H2,1-2H3,(H,18,20)/p+1/t14-/m1/s1. The number of carbonyl (C=O) groups is 1. The number of likely N-dealkylation sites (tertiary alicyclic amines) is 1. The quantitative estimate of drug-likeness (QED) is 0.809. The smallest absolute Gasteiger partial charge is 0.275 e. The average molecular weight is 291 g/mol. The molecule has 1 aliphatic rings. The van der Waals surface area contributed by atoms with Crippen molar-refractivity contribution in [1.82, 2.24) is 5.32 Å². The van der Waals surface area contributed by atoms with Gasteiger partial charge in [0.25, 0.3) is 5.91 Å². The lowest BCUT2D eigenvalue weighted by Crippen LogP contribution is -3.14. The van der Waals surface area contributed by atoms with E-state index in [1.807, 2.05) is 24.3 Å². The third-order valence-corrected chi connectivity index (χ3v) is 4.18. The molecule has 4 heteroatoms. The second-order valence-electron chi connectivity index (χ2n) is 6.04. The number of ether oxygens (including phenoxy) is 1. The fourth-order valence-corrected chi connectivity index (χ4v) is 3.09. The van der Waals surface area contributed by atoms with Gasteiger partial charge in [0.2, 0.25) is 0 Å². The topological polar surface area (TPSA) is 42.8 Å². The van der Waals surface area contributed by atoms with E-state index < -0.39 is 0 Å².